The van der Waals surface area contributed by atoms with Crippen LogP contribution < -0.4 is 19.5 Å². The van der Waals surface area contributed by atoms with Crippen molar-refractivity contribution < 1.29 is 32.2 Å². The van der Waals surface area contributed by atoms with Crippen molar-refractivity contribution in [1.29, 1.82) is 0 Å². The van der Waals surface area contributed by atoms with Crippen molar-refractivity contribution in [3.8, 4) is 11.5 Å². The molecule has 0 spiro atoms. The van der Waals surface area contributed by atoms with Crippen molar-refractivity contribution in [2.24, 2.45) is 0 Å². The summed E-state index contributed by atoms with van der Waals surface area (Å²) in [4.78, 5) is 24.5. The van der Waals surface area contributed by atoms with Gasteiger partial charge in [-0.3, -0.25) is 9.59 Å². The summed E-state index contributed by atoms with van der Waals surface area (Å²) in [5.41, 5.74) is 3.19. The molecular weight excluding hydrogens is 460 g/mol. The topological polar surface area (TPSA) is 120 Å². The Hall–Kier alpha value is -3.11. The second-order valence-electron chi connectivity index (χ2n) is 8.27. The number of hydrogen-bond acceptors (Lipinski definition) is 7. The Labute approximate surface area is 198 Å². The number of sulfonamides is 1. The van der Waals surface area contributed by atoms with Crippen molar-refractivity contribution >= 4 is 27.6 Å². The largest absolute Gasteiger partial charge is 0.490 e. The van der Waals surface area contributed by atoms with E-state index in [9.17, 15) is 18.0 Å². The van der Waals surface area contributed by atoms with E-state index in [-0.39, 0.29) is 17.9 Å². The molecule has 4 rings (SSSR count). The van der Waals surface area contributed by atoms with Crippen molar-refractivity contribution in [3.05, 3.63) is 47.5 Å². The van der Waals surface area contributed by atoms with Gasteiger partial charge in [0, 0.05) is 24.7 Å². The summed E-state index contributed by atoms with van der Waals surface area (Å²) in [5, 5.41) is 2.76. The molecule has 34 heavy (non-hydrogen) atoms. The summed E-state index contributed by atoms with van der Waals surface area (Å²) in [6.45, 7) is 2.24. The van der Waals surface area contributed by atoms with Gasteiger partial charge in [0.15, 0.2) is 17.6 Å². The average Bonchev–Trinajstić information content (AvgIpc) is 3.14. The number of hydrogen-bond donors (Lipinski definition) is 2. The molecule has 0 radical (unpaired) electrons. The molecule has 1 aliphatic heterocycles. The maximum absolute atomic E-state index is 12.6. The first-order valence-corrected chi connectivity index (χ1v) is 12.8. The summed E-state index contributed by atoms with van der Waals surface area (Å²) in [5.74, 6) is -0.271. The maximum Gasteiger partial charge on any atom is 0.307 e. The van der Waals surface area contributed by atoms with Crippen LogP contribution in [0.4, 0.5) is 5.69 Å². The first-order valence-electron chi connectivity index (χ1n) is 11.3. The van der Waals surface area contributed by atoms with Gasteiger partial charge >= 0.3 is 5.97 Å². The molecule has 0 fully saturated rings. The van der Waals surface area contributed by atoms with E-state index >= 15 is 0 Å². The molecule has 2 aliphatic rings. The molecule has 1 aliphatic carbocycles. The first kappa shape index (κ1) is 24.0. The molecular formula is C24H28N2O7S. The van der Waals surface area contributed by atoms with Crippen LogP contribution in [0.25, 0.3) is 0 Å². The van der Waals surface area contributed by atoms with Crippen molar-refractivity contribution in [2.45, 2.75) is 50.0 Å². The number of benzene rings is 2. The number of ether oxygens (including phenoxy) is 3. The van der Waals surface area contributed by atoms with E-state index in [0.717, 1.165) is 19.3 Å². The Kier molecular flexibility index (Phi) is 7.38. The third-order valence-electron chi connectivity index (χ3n) is 5.69. The van der Waals surface area contributed by atoms with Crippen LogP contribution in [0.5, 0.6) is 11.5 Å². The van der Waals surface area contributed by atoms with Crippen LogP contribution in [-0.2, 0) is 37.2 Å². The molecule has 1 atom stereocenters. The molecule has 1 heterocycles. The van der Waals surface area contributed by atoms with Gasteiger partial charge in [0.25, 0.3) is 5.91 Å². The lowest BCUT2D eigenvalue weighted by molar-refractivity contribution is -0.152. The summed E-state index contributed by atoms with van der Waals surface area (Å²) in [6.07, 6.45) is 2.63. The molecule has 0 unspecified atom stereocenters. The van der Waals surface area contributed by atoms with E-state index in [1.54, 1.807) is 6.07 Å². The van der Waals surface area contributed by atoms with Gasteiger partial charge in [0.05, 0.1) is 24.5 Å². The summed E-state index contributed by atoms with van der Waals surface area (Å²) < 4.78 is 43.7. The fourth-order valence-corrected chi connectivity index (χ4v) is 4.93. The van der Waals surface area contributed by atoms with E-state index in [0.29, 0.717) is 36.8 Å². The van der Waals surface area contributed by atoms with E-state index < -0.39 is 28.0 Å². The maximum atomic E-state index is 12.6. The second kappa shape index (κ2) is 10.4. The highest BCUT2D eigenvalue weighted by Crippen LogP contribution is 2.31. The van der Waals surface area contributed by atoms with Crippen LogP contribution in [0, 0.1) is 0 Å². The lowest BCUT2D eigenvalue weighted by Crippen LogP contribution is -2.32. The van der Waals surface area contributed by atoms with Gasteiger partial charge in [-0.2, -0.15) is 0 Å². The van der Waals surface area contributed by atoms with Gasteiger partial charge in [0.2, 0.25) is 10.0 Å². The van der Waals surface area contributed by atoms with Crippen LogP contribution in [0.15, 0.2) is 41.3 Å². The number of nitrogens with one attached hydrogen (secondary N) is 2. The monoisotopic (exact) mass is 488 g/mol. The van der Waals surface area contributed by atoms with Gasteiger partial charge in [-0.15, -0.1) is 0 Å². The second-order valence-corrected chi connectivity index (χ2v) is 10.0. The number of amides is 1. The number of esters is 1. The highest BCUT2D eigenvalue weighted by molar-refractivity contribution is 7.89. The molecule has 0 saturated carbocycles. The van der Waals surface area contributed by atoms with Gasteiger partial charge in [0.1, 0.15) is 0 Å². The van der Waals surface area contributed by atoms with Crippen LogP contribution in [-0.4, -0.2) is 46.2 Å². The predicted octanol–water partition coefficient (Wildman–Crippen LogP) is 2.58. The Balaban J connectivity index is 1.25. The van der Waals surface area contributed by atoms with E-state index in [4.69, 9.17) is 14.2 Å². The normalized spacial score (nSPS) is 15.7. The van der Waals surface area contributed by atoms with E-state index in [2.05, 4.69) is 10.0 Å². The number of carbonyl (C=O) groups is 2. The number of aryl methyl sites for hydroxylation is 2. The molecule has 0 aromatic heterocycles. The Bertz CT molecular complexity index is 1180. The van der Waals surface area contributed by atoms with Gasteiger partial charge in [-0.25, -0.2) is 13.1 Å². The number of rotatable bonds is 8. The highest BCUT2D eigenvalue weighted by atomic mass is 32.2. The third kappa shape index (κ3) is 5.87. The third-order valence-corrected chi connectivity index (χ3v) is 7.15. The van der Waals surface area contributed by atoms with Crippen molar-refractivity contribution in [3.63, 3.8) is 0 Å². The minimum Gasteiger partial charge on any atom is -0.490 e. The fourth-order valence-electron chi connectivity index (χ4n) is 3.88. The van der Waals surface area contributed by atoms with Crippen LogP contribution in [0.1, 0.15) is 37.3 Å². The molecule has 2 aromatic rings. The van der Waals surface area contributed by atoms with Crippen LogP contribution >= 0.6 is 0 Å². The molecule has 2 N–H and O–H groups in total. The standard InChI is InChI=1S/C24H28N2O7S/c1-16(24(28)26-19-7-6-17-4-2-5-18(17)14-19)33-23(27)10-11-25-34(29,30)20-8-9-21-22(15-20)32-13-3-12-31-21/h6-9,14-16,25H,2-5,10-13H2,1H3,(H,26,28)/t16-/m1/s1. The zero-order chi connectivity index (χ0) is 24.1. The quantitative estimate of drug-likeness (QED) is 0.548. The Morgan fingerprint density at radius 2 is 1.76 bits per heavy atom. The van der Waals surface area contributed by atoms with Gasteiger partial charge in [-0.1, -0.05) is 6.07 Å². The zero-order valence-corrected chi connectivity index (χ0v) is 19.8. The van der Waals surface area contributed by atoms with Crippen LogP contribution in [0.2, 0.25) is 0 Å². The summed E-state index contributed by atoms with van der Waals surface area (Å²) in [6, 6.07) is 10.1. The molecule has 1 amide bonds. The lowest BCUT2D eigenvalue weighted by Gasteiger charge is -2.14. The number of fused-ring (bicyclic) bond motifs is 2. The lowest BCUT2D eigenvalue weighted by atomic mass is 10.1. The first-order chi connectivity index (χ1) is 16.3. The van der Waals surface area contributed by atoms with E-state index in [1.165, 1.54) is 30.2 Å². The average molecular weight is 489 g/mol. The Morgan fingerprint density at radius 1 is 1.00 bits per heavy atom. The summed E-state index contributed by atoms with van der Waals surface area (Å²) >= 11 is 0. The van der Waals surface area contributed by atoms with Crippen LogP contribution in [0.3, 0.4) is 0 Å². The van der Waals surface area contributed by atoms with Crippen molar-refractivity contribution in [1.82, 2.24) is 4.72 Å². The SMILES string of the molecule is C[C@@H](OC(=O)CCNS(=O)(=O)c1ccc2c(c1)OCCCO2)C(=O)Nc1ccc2c(c1)CCC2. The molecule has 0 saturated heterocycles. The molecule has 2 aromatic carbocycles. The fraction of sp³-hybridized carbons (Fsp3) is 0.417. The minimum absolute atomic E-state index is 0.00668. The van der Waals surface area contributed by atoms with Crippen molar-refractivity contribution in [2.75, 3.05) is 25.1 Å². The molecule has 0 bridgehead atoms. The predicted molar refractivity (Wildman–Crippen MR) is 125 cm³/mol. The number of anilines is 1. The minimum atomic E-state index is -3.86. The molecule has 9 nitrogen and oxygen atoms in total. The highest BCUT2D eigenvalue weighted by Gasteiger charge is 2.21. The van der Waals surface area contributed by atoms with Gasteiger partial charge < -0.3 is 19.5 Å². The Morgan fingerprint density at radius 3 is 2.59 bits per heavy atom. The zero-order valence-electron chi connectivity index (χ0n) is 19.0. The van der Waals surface area contributed by atoms with E-state index in [1.807, 2.05) is 18.2 Å². The summed E-state index contributed by atoms with van der Waals surface area (Å²) in [7, 11) is -3.86. The molecule has 182 valence electrons. The smallest absolute Gasteiger partial charge is 0.307 e. The molecule has 10 heteroatoms. The number of carbonyl (C=O) groups excluding carboxylic acids is 2. The van der Waals surface area contributed by atoms with Gasteiger partial charge in [-0.05, 0) is 61.6 Å².